The molecule has 0 radical (unpaired) electrons. The van der Waals surface area contributed by atoms with Gasteiger partial charge in [0.25, 0.3) is 0 Å². The quantitative estimate of drug-likeness (QED) is 0.0873. The van der Waals surface area contributed by atoms with Crippen LogP contribution in [0.25, 0.3) is 10.8 Å². The molecule has 0 spiro atoms. The molecule has 0 aromatic heterocycles. The number of amides is 2. The van der Waals surface area contributed by atoms with Crippen LogP contribution in [-0.2, 0) is 68.2 Å². The van der Waals surface area contributed by atoms with Crippen molar-refractivity contribution in [2.75, 3.05) is 43.9 Å². The van der Waals surface area contributed by atoms with Gasteiger partial charge < -0.3 is 118 Å². The van der Waals surface area contributed by atoms with Gasteiger partial charge in [-0.3, -0.25) is 19.2 Å². The van der Waals surface area contributed by atoms with Gasteiger partial charge in [-0.2, -0.15) is 0 Å². The minimum absolute atomic E-state index is 0.0365. The maximum Gasteiger partial charge on any atom is 0.223 e. The van der Waals surface area contributed by atoms with E-state index >= 15 is 4.79 Å². The summed E-state index contributed by atoms with van der Waals surface area (Å²) in [4.78, 5) is 55.8. The molecule has 6 fully saturated rings. The van der Waals surface area contributed by atoms with E-state index in [-0.39, 0.29) is 83.6 Å². The number of methoxy groups -OCH3 is 1. The molecule has 0 unspecified atom stereocenters. The number of rotatable bonds is 19. The summed E-state index contributed by atoms with van der Waals surface area (Å²) < 4.78 is 66.5. The molecule has 1 aliphatic carbocycles. The molecular formula is C62H92Br2N2O26. The average molecular weight is 1440 g/mol. The summed E-state index contributed by atoms with van der Waals surface area (Å²) in [6, 6.07) is 3.03. The number of halogens is 2. The molecule has 6 heterocycles. The van der Waals surface area contributed by atoms with E-state index in [1.165, 1.54) is 46.9 Å². The van der Waals surface area contributed by atoms with Crippen LogP contribution in [-0.4, -0.2) is 280 Å². The molecule has 30 heteroatoms. The van der Waals surface area contributed by atoms with Gasteiger partial charge in [-0.1, -0.05) is 31.9 Å². The average Bonchev–Trinajstić information content (AvgIpc) is 0.734. The lowest BCUT2D eigenvalue weighted by atomic mass is 9.75. The highest BCUT2D eigenvalue weighted by atomic mass is 79.9. The van der Waals surface area contributed by atoms with E-state index in [2.05, 4.69) is 31.9 Å². The molecule has 0 bridgehead atoms. The fraction of sp³-hybridized carbons (Fsp3) is 0.774. The van der Waals surface area contributed by atoms with Crippen molar-refractivity contribution in [3.63, 3.8) is 0 Å². The van der Waals surface area contributed by atoms with Crippen molar-refractivity contribution >= 4 is 66.0 Å². The van der Waals surface area contributed by atoms with E-state index in [4.69, 9.17) is 52.1 Å². The maximum absolute atomic E-state index is 15.0. The van der Waals surface area contributed by atoms with Gasteiger partial charge in [-0.05, 0) is 84.9 Å². The molecule has 11 N–H and O–H groups in total. The Kier molecular flexibility index (Phi) is 25.7. The van der Waals surface area contributed by atoms with Crippen molar-refractivity contribution in [2.24, 2.45) is 5.92 Å². The number of alkyl halides is 2. The molecule has 6 saturated heterocycles. The summed E-state index contributed by atoms with van der Waals surface area (Å²) in [6.45, 7) is 14.8. The zero-order valence-electron chi connectivity index (χ0n) is 53.1. The third kappa shape index (κ3) is 16.9. The number of benzene rings is 2. The summed E-state index contributed by atoms with van der Waals surface area (Å²) in [5.74, 6) is -3.73. The molecule has 0 saturated carbocycles. The third-order valence-electron chi connectivity index (χ3n) is 18.5. The summed E-state index contributed by atoms with van der Waals surface area (Å²) in [7, 11) is 1.18. The van der Waals surface area contributed by atoms with Gasteiger partial charge in [-0.25, -0.2) is 0 Å². The minimum atomic E-state index is -1.95. The molecule has 7 aliphatic rings. The van der Waals surface area contributed by atoms with Crippen molar-refractivity contribution in [3.8, 4) is 17.2 Å². The monoisotopic (exact) mass is 1440 g/mol. The molecule has 520 valence electrons. The first-order valence-electron chi connectivity index (χ1n) is 31.4. The first-order chi connectivity index (χ1) is 43.4. The zero-order chi connectivity index (χ0) is 67.5. The summed E-state index contributed by atoms with van der Waals surface area (Å²) in [6.07, 6.45) is -25.9. The number of nitrogens with zero attached hydrogens (tertiary/aromatic N) is 2. The Morgan fingerprint density at radius 2 is 1.12 bits per heavy atom. The van der Waals surface area contributed by atoms with Gasteiger partial charge in [-0.15, -0.1) is 0 Å². The first kappa shape index (κ1) is 74.4. The first-order valence-corrected chi connectivity index (χ1v) is 33.6. The van der Waals surface area contributed by atoms with Crippen LogP contribution in [0, 0.1) is 12.8 Å². The lowest BCUT2D eigenvalue weighted by Crippen LogP contribution is -2.58. The van der Waals surface area contributed by atoms with Crippen LogP contribution in [0.5, 0.6) is 17.2 Å². The number of piperazine rings is 1. The van der Waals surface area contributed by atoms with Crippen LogP contribution < -0.4 is 4.74 Å². The van der Waals surface area contributed by atoms with E-state index in [0.29, 0.717) is 49.7 Å². The van der Waals surface area contributed by atoms with E-state index in [9.17, 15) is 70.6 Å². The predicted octanol–water partition coefficient (Wildman–Crippen LogP) is 0.978. The number of aromatic hydroxyl groups is 2. The molecule has 25 atom stereocenters. The fourth-order valence-electron chi connectivity index (χ4n) is 13.0. The number of aliphatic hydroxyl groups excluding tert-OH is 8. The molecule has 2 aromatic carbocycles. The molecule has 2 aromatic rings. The van der Waals surface area contributed by atoms with E-state index in [1.54, 1.807) is 27.7 Å². The number of phenols is 2. The Hall–Kier alpha value is -3.42. The Labute approximate surface area is 550 Å². The summed E-state index contributed by atoms with van der Waals surface area (Å²) in [5.41, 5.74) is -1.47. The van der Waals surface area contributed by atoms with Crippen LogP contribution in [0.1, 0.15) is 115 Å². The number of hydrogen-bond acceptors (Lipinski definition) is 26. The van der Waals surface area contributed by atoms with Crippen molar-refractivity contribution in [1.29, 1.82) is 0 Å². The van der Waals surface area contributed by atoms with Crippen molar-refractivity contribution in [2.45, 2.75) is 254 Å². The molecule has 9 rings (SSSR count). The van der Waals surface area contributed by atoms with Gasteiger partial charge in [0, 0.05) is 100 Å². The van der Waals surface area contributed by atoms with Crippen LogP contribution in [0.15, 0.2) is 12.1 Å². The SMILES string of the molecule is CO[C@H](C(=O)[C@@H](O)[C@@H](C)O)[C@@H]1Cc2cc3cc(O[C@H]4C[C@@H](O[C@H]5C[C@@H](O)[C@H](O)[C@@H](C)O5)[C@H](O)[C@@H](C)O4)c(C)c(O)c3c(O)c2C(=O)[C@H]1O[C@H]1C[C@@H](O[C@H]2C[C@@H](O[C@H]3C[C@](C)(O)[C@H](O)[C@@H](C)O3)[C@@H](O)[C@@H](C)O2)[C@H](O)[C@@H](C)O1.O=C(CCBr)N1CCN(C(=O)CCBr)CC1. The third-order valence-corrected chi connectivity index (χ3v) is 19.3. The predicted molar refractivity (Wildman–Crippen MR) is 329 cm³/mol. The molecular weight excluding hydrogens is 1350 g/mol. The van der Waals surface area contributed by atoms with Gasteiger partial charge >= 0.3 is 0 Å². The largest absolute Gasteiger partial charge is 0.507 e. The van der Waals surface area contributed by atoms with Gasteiger partial charge in [0.2, 0.25) is 18.1 Å². The smallest absolute Gasteiger partial charge is 0.223 e. The topological polar surface area (TPSA) is 399 Å². The number of carbonyl (C=O) groups is 4. The van der Waals surface area contributed by atoms with Crippen LogP contribution in [0.3, 0.4) is 0 Å². The number of Topliss-reactive ketones (excluding diaryl/α,β-unsaturated/α-hetero) is 2. The Balaban J connectivity index is 0.000000594. The lowest BCUT2D eigenvalue weighted by molar-refractivity contribution is -0.334. The number of ether oxygens (including phenoxy) is 11. The Bertz CT molecular complexity index is 2810. The summed E-state index contributed by atoms with van der Waals surface area (Å²) >= 11 is 6.51. The van der Waals surface area contributed by atoms with Crippen molar-refractivity contribution in [3.05, 3.63) is 28.8 Å². The van der Waals surface area contributed by atoms with E-state index < -0.39 is 176 Å². The number of hydrogen-bond donors (Lipinski definition) is 11. The van der Waals surface area contributed by atoms with Crippen molar-refractivity contribution in [1.82, 2.24) is 9.80 Å². The number of ketones is 2. The zero-order valence-corrected chi connectivity index (χ0v) is 56.3. The van der Waals surface area contributed by atoms with Gasteiger partial charge in [0.1, 0.15) is 66.1 Å². The van der Waals surface area contributed by atoms with E-state index in [1.807, 2.05) is 9.80 Å². The molecule has 92 heavy (non-hydrogen) atoms. The lowest BCUT2D eigenvalue weighted by Gasteiger charge is -2.46. The Morgan fingerprint density at radius 1 is 0.663 bits per heavy atom. The van der Waals surface area contributed by atoms with Crippen LogP contribution in [0.2, 0.25) is 0 Å². The molecule has 28 nitrogen and oxygen atoms in total. The number of fused-ring (bicyclic) bond motifs is 2. The number of phenolic OH excluding ortho intramolecular Hbond substituents is 2. The fourth-order valence-corrected chi connectivity index (χ4v) is 13.7. The standard InChI is InChI=1S/C52H76O24.C10H16Br2N2O2/c1-18-29(72-34-14-30(43(58)21(4)68-34)73-33-13-28(54)42(57)20(3)67-33)12-26-10-25-11-27(49(66-9)48(63)41(56)19(2)53)50(47(62)39(25)46(61)38(26)40(18)55)76-36-16-31(44(59)23(6)70-36)74-35-15-32(45(60)22(5)69-35)75-37-17-52(8,65)51(64)24(7)71-37;11-3-1-9(15)13-5-7-14(8-6-13)10(16)2-4-12/h10,12,19-24,27-28,30-37,41-45,49-51,53-61,64-65H,11,13-17H2,1-9H3;1-8H2/t19-,20-,21-,22-,23-,24-,27+,28-,30-,31-,32-,33+,34+,35+,36+,37+,41+,42-,43-,44-,45+,49+,50+,51-,52+;/m1./s1. The second kappa shape index (κ2) is 31.8. The van der Waals surface area contributed by atoms with Crippen LogP contribution in [0.4, 0.5) is 0 Å². The highest BCUT2D eigenvalue weighted by molar-refractivity contribution is 9.09. The highest BCUT2D eigenvalue weighted by Gasteiger charge is 2.52. The van der Waals surface area contributed by atoms with E-state index in [0.717, 1.165) is 0 Å². The second-order valence-electron chi connectivity index (χ2n) is 25.4. The normalized spacial score (nSPS) is 38.0. The summed E-state index contributed by atoms with van der Waals surface area (Å²) in [5, 5.41) is 122. The molecule has 2 amide bonds. The maximum atomic E-state index is 15.0. The van der Waals surface area contributed by atoms with Gasteiger partial charge in [0.15, 0.2) is 36.7 Å². The second-order valence-corrected chi connectivity index (χ2v) is 26.9. The van der Waals surface area contributed by atoms with Crippen molar-refractivity contribution < 1.29 is 127 Å². The Morgan fingerprint density at radius 3 is 1.60 bits per heavy atom. The highest BCUT2D eigenvalue weighted by Crippen LogP contribution is 2.48. The van der Waals surface area contributed by atoms with Gasteiger partial charge in [0.05, 0.1) is 77.6 Å². The number of aliphatic hydroxyl groups is 9. The molecule has 6 aliphatic heterocycles. The number of carbonyl (C=O) groups excluding carboxylic acids is 4. The van der Waals surface area contributed by atoms with Crippen LogP contribution >= 0.6 is 31.9 Å². The minimum Gasteiger partial charge on any atom is -0.507 e.